The van der Waals surface area contributed by atoms with E-state index in [1.807, 2.05) is 36.4 Å². The van der Waals surface area contributed by atoms with E-state index in [1.54, 1.807) is 24.3 Å². The van der Waals surface area contributed by atoms with Crippen LogP contribution in [0.5, 0.6) is 11.5 Å². The third-order valence-corrected chi connectivity index (χ3v) is 6.05. The number of nitrogens with zero attached hydrogens (tertiary/aromatic N) is 2. The Bertz CT molecular complexity index is 1040. The van der Waals surface area contributed by atoms with E-state index < -0.39 is 5.97 Å². The molecule has 3 aromatic carbocycles. The number of anilines is 1. The number of rotatable bonds is 8. The fourth-order valence-corrected chi connectivity index (χ4v) is 4.21. The Morgan fingerprint density at radius 1 is 1.03 bits per heavy atom. The number of hydrogen-bond acceptors (Lipinski definition) is 4. The fourth-order valence-electron chi connectivity index (χ4n) is 4.09. The Hall–Kier alpha value is -3.02. The van der Waals surface area contributed by atoms with Crippen LogP contribution in [0, 0.1) is 5.92 Å². The Morgan fingerprint density at radius 2 is 1.66 bits per heavy atom. The molecule has 0 bridgehead atoms. The molecule has 0 saturated carbocycles. The number of likely N-dealkylation sites (tertiary alicyclic amines) is 1. The summed E-state index contributed by atoms with van der Waals surface area (Å²) < 4.78 is 5.93. The summed E-state index contributed by atoms with van der Waals surface area (Å²) in [5.74, 6) is 1.20. The minimum Gasteiger partial charge on any atom is -0.478 e. The molecule has 0 aromatic heterocycles. The lowest BCUT2D eigenvalue weighted by Crippen LogP contribution is -2.30. The Kier molecular flexibility index (Phi) is 6.98. The van der Waals surface area contributed by atoms with Crippen LogP contribution in [0.4, 0.5) is 5.69 Å². The molecule has 1 unspecified atom stereocenters. The minimum absolute atomic E-state index is 0.307. The number of benzene rings is 3. The lowest BCUT2D eigenvalue weighted by molar-refractivity contribution is 0.0697. The number of ether oxygens (including phenoxy) is 1. The third kappa shape index (κ3) is 5.81. The zero-order valence-corrected chi connectivity index (χ0v) is 18.8. The van der Waals surface area contributed by atoms with Crippen molar-refractivity contribution in [1.29, 1.82) is 0 Å². The van der Waals surface area contributed by atoms with Gasteiger partial charge in [0.15, 0.2) is 0 Å². The molecule has 4 rings (SSSR count). The van der Waals surface area contributed by atoms with E-state index in [2.05, 4.69) is 29.0 Å². The first-order chi connectivity index (χ1) is 15.5. The maximum Gasteiger partial charge on any atom is 0.335 e. The van der Waals surface area contributed by atoms with Crippen LogP contribution in [0.15, 0.2) is 72.8 Å². The van der Waals surface area contributed by atoms with Crippen molar-refractivity contribution in [3.63, 3.8) is 0 Å². The second kappa shape index (κ2) is 10.1. The van der Waals surface area contributed by atoms with Gasteiger partial charge in [0.2, 0.25) is 0 Å². The zero-order valence-electron chi connectivity index (χ0n) is 18.1. The molecule has 1 N–H and O–H groups in total. The van der Waals surface area contributed by atoms with Gasteiger partial charge in [-0.05, 0) is 92.2 Å². The van der Waals surface area contributed by atoms with Crippen LogP contribution in [-0.2, 0) is 6.54 Å². The van der Waals surface area contributed by atoms with E-state index in [0.29, 0.717) is 16.5 Å². The van der Waals surface area contributed by atoms with Crippen LogP contribution in [-0.4, -0.2) is 42.7 Å². The van der Waals surface area contributed by atoms with E-state index in [-0.39, 0.29) is 0 Å². The number of carbonyl (C=O) groups is 1. The number of halogens is 1. The molecule has 1 fully saturated rings. The quantitative estimate of drug-likeness (QED) is 0.470. The van der Waals surface area contributed by atoms with Gasteiger partial charge in [0.25, 0.3) is 0 Å². The highest BCUT2D eigenvalue weighted by Gasteiger charge is 2.22. The molecular weight excluding hydrogens is 424 g/mol. The van der Waals surface area contributed by atoms with E-state index in [0.717, 1.165) is 48.9 Å². The monoisotopic (exact) mass is 450 g/mol. The number of carboxylic acids is 1. The smallest absolute Gasteiger partial charge is 0.335 e. The van der Waals surface area contributed by atoms with E-state index in [9.17, 15) is 4.79 Å². The molecule has 1 heterocycles. The molecule has 32 heavy (non-hydrogen) atoms. The van der Waals surface area contributed by atoms with Gasteiger partial charge in [0.05, 0.1) is 5.56 Å². The van der Waals surface area contributed by atoms with Gasteiger partial charge in [0, 0.05) is 30.3 Å². The molecule has 1 aliphatic heterocycles. The van der Waals surface area contributed by atoms with E-state index in [4.69, 9.17) is 21.4 Å². The summed E-state index contributed by atoms with van der Waals surface area (Å²) in [4.78, 5) is 15.9. The summed E-state index contributed by atoms with van der Waals surface area (Å²) in [5, 5.41) is 9.84. The number of hydrogen-bond donors (Lipinski definition) is 1. The van der Waals surface area contributed by atoms with Crippen molar-refractivity contribution in [2.45, 2.75) is 13.0 Å². The fraction of sp³-hybridized carbons (Fsp3) is 0.269. The van der Waals surface area contributed by atoms with Crippen molar-refractivity contribution in [2.24, 2.45) is 5.92 Å². The summed E-state index contributed by atoms with van der Waals surface area (Å²) in [7, 11) is 2.16. The van der Waals surface area contributed by atoms with Crippen molar-refractivity contribution in [2.75, 3.05) is 31.6 Å². The van der Waals surface area contributed by atoms with Gasteiger partial charge < -0.3 is 19.6 Å². The highest BCUT2D eigenvalue weighted by molar-refractivity contribution is 6.30. The van der Waals surface area contributed by atoms with Crippen molar-refractivity contribution < 1.29 is 14.6 Å². The first kappa shape index (κ1) is 22.2. The molecule has 1 aliphatic rings. The van der Waals surface area contributed by atoms with Crippen LogP contribution in [0.3, 0.4) is 0 Å². The third-order valence-electron chi connectivity index (χ3n) is 5.79. The summed E-state index contributed by atoms with van der Waals surface area (Å²) >= 11 is 5.95. The summed E-state index contributed by atoms with van der Waals surface area (Å²) in [6, 6.07) is 22.6. The molecule has 6 heteroatoms. The SMILES string of the molecule is CN1CCC(CN(Cc2ccc(C(=O)O)cc2)c2ccc(Oc3ccc(Cl)cc3)cc2)C1. The highest BCUT2D eigenvalue weighted by atomic mass is 35.5. The standard InChI is InChI=1S/C26H27ClN2O3/c1-28-15-14-20(16-28)18-29(17-19-2-4-21(5-3-19)26(30)31)23-8-12-25(13-9-23)32-24-10-6-22(27)7-11-24/h2-13,20H,14-18H2,1H3,(H,30,31). The predicted octanol–water partition coefficient (Wildman–Crippen LogP) is 5.79. The lowest BCUT2D eigenvalue weighted by atomic mass is 10.1. The molecular formula is C26H27ClN2O3. The summed E-state index contributed by atoms with van der Waals surface area (Å²) in [6.45, 7) is 3.88. The average molecular weight is 451 g/mol. The normalized spacial score (nSPS) is 16.1. The molecule has 0 radical (unpaired) electrons. The predicted molar refractivity (Wildman–Crippen MR) is 128 cm³/mol. The summed E-state index contributed by atoms with van der Waals surface area (Å²) in [6.07, 6.45) is 1.18. The van der Waals surface area contributed by atoms with Gasteiger partial charge in [-0.25, -0.2) is 4.79 Å². The van der Waals surface area contributed by atoms with Gasteiger partial charge in [-0.1, -0.05) is 23.7 Å². The van der Waals surface area contributed by atoms with E-state index >= 15 is 0 Å². The lowest BCUT2D eigenvalue weighted by Gasteiger charge is -2.28. The molecule has 1 atom stereocenters. The van der Waals surface area contributed by atoms with Crippen LogP contribution < -0.4 is 9.64 Å². The second-order valence-electron chi connectivity index (χ2n) is 8.35. The Balaban J connectivity index is 1.50. The molecule has 3 aromatic rings. The Labute approximate surface area is 193 Å². The molecule has 5 nitrogen and oxygen atoms in total. The Morgan fingerprint density at radius 3 is 2.22 bits per heavy atom. The highest BCUT2D eigenvalue weighted by Crippen LogP contribution is 2.28. The van der Waals surface area contributed by atoms with Crippen molar-refractivity contribution in [1.82, 2.24) is 4.90 Å². The van der Waals surface area contributed by atoms with Gasteiger partial charge >= 0.3 is 5.97 Å². The average Bonchev–Trinajstić information content (AvgIpc) is 3.20. The van der Waals surface area contributed by atoms with Crippen molar-refractivity contribution >= 4 is 23.3 Å². The maximum absolute atomic E-state index is 11.2. The first-order valence-electron chi connectivity index (χ1n) is 10.8. The van der Waals surface area contributed by atoms with Crippen molar-refractivity contribution in [3.8, 4) is 11.5 Å². The molecule has 1 saturated heterocycles. The molecule has 0 spiro atoms. The van der Waals surface area contributed by atoms with Crippen LogP contribution >= 0.6 is 11.6 Å². The van der Waals surface area contributed by atoms with Gasteiger partial charge in [-0.3, -0.25) is 0 Å². The van der Waals surface area contributed by atoms with Crippen LogP contribution in [0.2, 0.25) is 5.02 Å². The molecule has 0 amide bonds. The minimum atomic E-state index is -0.904. The molecule has 0 aliphatic carbocycles. The van der Waals surface area contributed by atoms with Crippen LogP contribution in [0.25, 0.3) is 0 Å². The zero-order chi connectivity index (χ0) is 22.5. The van der Waals surface area contributed by atoms with Gasteiger partial charge in [0.1, 0.15) is 11.5 Å². The topological polar surface area (TPSA) is 53.0 Å². The van der Waals surface area contributed by atoms with Gasteiger partial charge in [-0.15, -0.1) is 0 Å². The van der Waals surface area contributed by atoms with Gasteiger partial charge in [-0.2, -0.15) is 0 Å². The summed E-state index contributed by atoms with van der Waals surface area (Å²) in [5.41, 5.74) is 2.51. The number of carboxylic acid groups (broad SMARTS) is 1. The maximum atomic E-state index is 11.2. The molecule has 166 valence electrons. The number of aromatic carboxylic acids is 1. The van der Waals surface area contributed by atoms with E-state index in [1.165, 1.54) is 6.42 Å². The van der Waals surface area contributed by atoms with Crippen molar-refractivity contribution in [3.05, 3.63) is 88.9 Å². The largest absolute Gasteiger partial charge is 0.478 e. The van der Waals surface area contributed by atoms with Crippen LogP contribution in [0.1, 0.15) is 22.3 Å². The second-order valence-corrected chi connectivity index (χ2v) is 8.79. The first-order valence-corrected chi connectivity index (χ1v) is 11.1.